The maximum atomic E-state index is 13.0. The summed E-state index contributed by atoms with van der Waals surface area (Å²) < 4.78 is 3.79. The van der Waals surface area contributed by atoms with E-state index in [1.807, 2.05) is 0 Å². The Morgan fingerprint density at radius 2 is 1.47 bits per heavy atom. The SMILES string of the molecule is COc1ccc(NC(=O)c2cc(NC(=O)[C@@H]3[C@@H](c4cc(Cl)cc(Cl)c4)C3(Cl)Cl)ccc2Cl)cc1. The summed E-state index contributed by atoms with van der Waals surface area (Å²) in [5, 5.41) is 6.59. The molecule has 34 heavy (non-hydrogen) atoms. The van der Waals surface area contributed by atoms with Gasteiger partial charge in [0.1, 0.15) is 10.1 Å². The van der Waals surface area contributed by atoms with Gasteiger partial charge in [-0.05, 0) is 66.2 Å². The average Bonchev–Trinajstić information content (AvgIpc) is 3.37. The smallest absolute Gasteiger partial charge is 0.257 e. The molecule has 1 saturated carbocycles. The van der Waals surface area contributed by atoms with Crippen LogP contribution in [-0.4, -0.2) is 23.3 Å². The molecule has 0 aromatic heterocycles. The molecule has 4 rings (SSSR count). The van der Waals surface area contributed by atoms with Crippen molar-refractivity contribution < 1.29 is 14.3 Å². The summed E-state index contributed by atoms with van der Waals surface area (Å²) in [4.78, 5) is 25.7. The van der Waals surface area contributed by atoms with Crippen molar-refractivity contribution in [3.8, 4) is 5.75 Å². The van der Waals surface area contributed by atoms with E-state index in [1.165, 1.54) is 12.1 Å². The minimum absolute atomic E-state index is 0.187. The van der Waals surface area contributed by atoms with E-state index in [2.05, 4.69) is 10.6 Å². The van der Waals surface area contributed by atoms with Crippen molar-refractivity contribution in [2.45, 2.75) is 10.3 Å². The number of benzene rings is 3. The Labute approximate surface area is 221 Å². The number of halogens is 5. The van der Waals surface area contributed by atoms with Gasteiger partial charge in [0.05, 0.1) is 23.6 Å². The van der Waals surface area contributed by atoms with Gasteiger partial charge in [-0.15, -0.1) is 23.2 Å². The Morgan fingerprint density at radius 3 is 2.09 bits per heavy atom. The van der Waals surface area contributed by atoms with Gasteiger partial charge in [-0.3, -0.25) is 9.59 Å². The molecule has 2 amide bonds. The number of anilines is 2. The van der Waals surface area contributed by atoms with Crippen molar-refractivity contribution in [3.05, 3.63) is 86.9 Å². The van der Waals surface area contributed by atoms with Gasteiger partial charge in [0.15, 0.2) is 0 Å². The summed E-state index contributed by atoms with van der Waals surface area (Å²) in [5.41, 5.74) is 1.78. The number of hydrogen-bond donors (Lipinski definition) is 2. The summed E-state index contributed by atoms with van der Waals surface area (Å²) in [7, 11) is 1.56. The first kappa shape index (κ1) is 25.0. The van der Waals surface area contributed by atoms with Crippen LogP contribution in [0.15, 0.2) is 60.7 Å². The molecule has 1 aliphatic rings. The molecule has 0 bridgehead atoms. The molecule has 0 saturated heterocycles. The first-order valence-electron chi connectivity index (χ1n) is 10.00. The predicted molar refractivity (Wildman–Crippen MR) is 138 cm³/mol. The second-order valence-electron chi connectivity index (χ2n) is 7.70. The highest BCUT2D eigenvalue weighted by Gasteiger charge is 2.67. The van der Waals surface area contributed by atoms with E-state index in [0.717, 1.165) is 0 Å². The third kappa shape index (κ3) is 5.24. The molecule has 3 aromatic carbocycles. The van der Waals surface area contributed by atoms with Crippen molar-refractivity contribution in [1.82, 2.24) is 0 Å². The van der Waals surface area contributed by atoms with Gasteiger partial charge in [-0.25, -0.2) is 0 Å². The number of ether oxygens (including phenoxy) is 1. The van der Waals surface area contributed by atoms with Crippen LogP contribution in [0.5, 0.6) is 5.75 Å². The number of amides is 2. The molecular weight excluding hydrogens is 542 g/mol. The number of carbonyl (C=O) groups is 2. The molecule has 0 aliphatic heterocycles. The van der Waals surface area contributed by atoms with Crippen LogP contribution in [0.4, 0.5) is 11.4 Å². The molecule has 10 heteroatoms. The van der Waals surface area contributed by atoms with Crippen molar-refractivity contribution in [1.29, 1.82) is 0 Å². The fourth-order valence-corrected chi connectivity index (χ4v) is 5.27. The fraction of sp³-hybridized carbons (Fsp3) is 0.167. The maximum absolute atomic E-state index is 13.0. The molecule has 176 valence electrons. The largest absolute Gasteiger partial charge is 0.497 e. The summed E-state index contributed by atoms with van der Waals surface area (Å²) in [6.07, 6.45) is 0. The van der Waals surface area contributed by atoms with E-state index < -0.39 is 28.0 Å². The number of rotatable bonds is 6. The lowest BCUT2D eigenvalue weighted by Crippen LogP contribution is -2.18. The zero-order valence-corrected chi connectivity index (χ0v) is 21.3. The highest BCUT2D eigenvalue weighted by Crippen LogP contribution is 2.65. The summed E-state index contributed by atoms with van der Waals surface area (Å²) in [6.45, 7) is 0. The van der Waals surface area contributed by atoms with Crippen molar-refractivity contribution in [3.63, 3.8) is 0 Å². The molecular formula is C24H17Cl5N2O3. The Kier molecular flexibility index (Phi) is 7.22. The fourth-order valence-electron chi connectivity index (χ4n) is 3.69. The van der Waals surface area contributed by atoms with Gasteiger partial charge < -0.3 is 15.4 Å². The van der Waals surface area contributed by atoms with Gasteiger partial charge in [-0.2, -0.15) is 0 Å². The topological polar surface area (TPSA) is 67.4 Å². The Balaban J connectivity index is 1.49. The molecule has 1 fully saturated rings. The Morgan fingerprint density at radius 1 is 0.853 bits per heavy atom. The van der Waals surface area contributed by atoms with Crippen LogP contribution in [0.2, 0.25) is 15.1 Å². The molecule has 1 aliphatic carbocycles. The summed E-state index contributed by atoms with van der Waals surface area (Å²) in [5.74, 6) is -1.41. The average molecular weight is 559 g/mol. The van der Waals surface area contributed by atoms with Crippen LogP contribution in [0.3, 0.4) is 0 Å². The molecule has 0 spiro atoms. The minimum Gasteiger partial charge on any atom is -0.497 e. The number of hydrogen-bond acceptors (Lipinski definition) is 3. The van der Waals surface area contributed by atoms with Gasteiger partial charge >= 0.3 is 0 Å². The second-order valence-corrected chi connectivity index (χ2v) is 10.4. The van der Waals surface area contributed by atoms with Crippen molar-refractivity contribution in [2.75, 3.05) is 17.7 Å². The quantitative estimate of drug-likeness (QED) is 0.309. The summed E-state index contributed by atoms with van der Waals surface area (Å²) in [6, 6.07) is 16.4. The van der Waals surface area contributed by atoms with Gasteiger partial charge in [0.2, 0.25) is 5.91 Å². The Hall–Kier alpha value is -2.15. The lowest BCUT2D eigenvalue weighted by Gasteiger charge is -2.11. The van der Waals surface area contributed by atoms with Gasteiger partial charge in [0, 0.05) is 27.3 Å². The molecule has 2 N–H and O–H groups in total. The number of carbonyl (C=O) groups excluding carboxylic acids is 2. The van der Waals surface area contributed by atoms with Crippen LogP contribution in [0, 0.1) is 5.92 Å². The zero-order valence-electron chi connectivity index (χ0n) is 17.5. The first-order chi connectivity index (χ1) is 16.1. The van der Waals surface area contributed by atoms with Crippen LogP contribution in [0.25, 0.3) is 0 Å². The van der Waals surface area contributed by atoms with Crippen molar-refractivity contribution >= 4 is 81.2 Å². The number of nitrogens with one attached hydrogen (secondary N) is 2. The first-order valence-corrected chi connectivity index (χ1v) is 11.9. The minimum atomic E-state index is -1.32. The third-order valence-electron chi connectivity index (χ3n) is 5.41. The standard InChI is InChI=1S/C24H17Cl5N2O3/c1-34-17-5-2-15(3-6-17)30-22(32)18-11-16(4-7-19(18)27)31-23(33)21-20(24(21,28)29)12-8-13(25)10-14(26)9-12/h2-11,20-21H,1H3,(H,30,32)(H,31,33)/t20-,21+/m1/s1. The highest BCUT2D eigenvalue weighted by molar-refractivity contribution is 6.53. The van der Waals surface area contributed by atoms with Crippen LogP contribution >= 0.6 is 58.0 Å². The van der Waals surface area contributed by atoms with Gasteiger partial charge in [0.25, 0.3) is 5.91 Å². The van der Waals surface area contributed by atoms with Crippen molar-refractivity contribution in [2.24, 2.45) is 5.92 Å². The van der Waals surface area contributed by atoms with E-state index in [1.54, 1.807) is 55.6 Å². The van der Waals surface area contributed by atoms with E-state index in [-0.39, 0.29) is 10.6 Å². The van der Waals surface area contributed by atoms with E-state index >= 15 is 0 Å². The van der Waals surface area contributed by atoms with Gasteiger partial charge in [-0.1, -0.05) is 34.8 Å². The Bertz CT molecular complexity index is 1240. The van der Waals surface area contributed by atoms with E-state index in [9.17, 15) is 9.59 Å². The lowest BCUT2D eigenvalue weighted by atomic mass is 10.1. The molecule has 0 heterocycles. The molecule has 2 atom stereocenters. The number of methoxy groups -OCH3 is 1. The monoisotopic (exact) mass is 556 g/mol. The molecule has 3 aromatic rings. The van der Waals surface area contributed by atoms with Crippen LogP contribution < -0.4 is 15.4 Å². The predicted octanol–water partition coefficient (Wildman–Crippen LogP) is 7.43. The van der Waals surface area contributed by atoms with E-state index in [4.69, 9.17) is 62.7 Å². The molecule has 5 nitrogen and oxygen atoms in total. The van der Waals surface area contributed by atoms with Crippen LogP contribution in [0.1, 0.15) is 21.8 Å². The lowest BCUT2D eigenvalue weighted by molar-refractivity contribution is -0.117. The summed E-state index contributed by atoms with van der Waals surface area (Å²) >= 11 is 31.2. The maximum Gasteiger partial charge on any atom is 0.257 e. The third-order valence-corrected chi connectivity index (χ3v) is 7.11. The molecule has 0 unspecified atom stereocenters. The van der Waals surface area contributed by atoms with Crippen LogP contribution in [-0.2, 0) is 4.79 Å². The normalized spacial score (nSPS) is 18.2. The molecule has 0 radical (unpaired) electrons. The number of alkyl halides is 2. The second kappa shape index (κ2) is 9.84. The van der Waals surface area contributed by atoms with E-state index in [0.29, 0.717) is 32.7 Å². The highest BCUT2D eigenvalue weighted by atomic mass is 35.5. The zero-order chi connectivity index (χ0) is 24.6.